The van der Waals surface area contributed by atoms with Crippen LogP contribution in [0.5, 0.6) is 0 Å². The average molecular weight is 699 g/mol. The van der Waals surface area contributed by atoms with Gasteiger partial charge >= 0.3 is 25.8 Å². The third-order valence-corrected chi connectivity index (χ3v) is 8.88. The van der Waals surface area contributed by atoms with Gasteiger partial charge in [0.05, 0.1) is 0 Å². The summed E-state index contributed by atoms with van der Waals surface area (Å²) in [7, 11) is 0. The molecule has 6 aromatic rings. The van der Waals surface area contributed by atoms with Crippen LogP contribution in [0, 0.1) is 42.5 Å². The van der Waals surface area contributed by atoms with Gasteiger partial charge in [-0.05, 0) is 57.1 Å². The summed E-state index contributed by atoms with van der Waals surface area (Å²) in [5, 5.41) is 5.47. The molecule has 0 nitrogen and oxygen atoms in total. The summed E-state index contributed by atoms with van der Waals surface area (Å²) in [6, 6.07) is 37.4. The van der Waals surface area contributed by atoms with Crippen LogP contribution in [0.4, 0.5) is 0 Å². The van der Waals surface area contributed by atoms with Gasteiger partial charge in [0.15, 0.2) is 0 Å². The zero-order chi connectivity index (χ0) is 26.0. The van der Waals surface area contributed by atoms with E-state index in [1.54, 1.807) is 0 Å². The molecule has 41 heavy (non-hydrogen) atoms. The molecule has 1 heteroatoms. The van der Waals surface area contributed by atoms with Gasteiger partial charge in [-0.3, -0.25) is 0 Å². The average Bonchev–Trinajstić information content (AvgIpc) is 3.46. The van der Waals surface area contributed by atoms with Gasteiger partial charge in [0.2, 0.25) is 0 Å². The summed E-state index contributed by atoms with van der Waals surface area (Å²) in [5.41, 5.74) is 13.7. The maximum atomic E-state index is 2.50. The van der Waals surface area contributed by atoms with Crippen LogP contribution in [0.1, 0.15) is 52.6 Å². The molecule has 1 aliphatic carbocycles. The third kappa shape index (κ3) is 5.23. The second-order valence-corrected chi connectivity index (χ2v) is 11.8. The quantitative estimate of drug-likeness (QED) is 0.127. The van der Waals surface area contributed by atoms with Crippen molar-refractivity contribution in [2.75, 3.05) is 0 Å². The number of hydrogen-bond donors (Lipinski definition) is 0. The normalized spacial score (nSPS) is 13.7. The van der Waals surface area contributed by atoms with E-state index in [0.29, 0.717) is 0 Å². The maximum Gasteiger partial charge on any atom is 4.00 e. The van der Waals surface area contributed by atoms with E-state index in [9.17, 15) is 0 Å². The Kier molecular flexibility index (Phi) is 8.81. The van der Waals surface area contributed by atoms with Gasteiger partial charge in [-0.25, -0.2) is 0 Å². The Morgan fingerprint density at radius 3 is 1.27 bits per heavy atom. The number of benzene rings is 4. The van der Waals surface area contributed by atoms with Crippen molar-refractivity contribution in [2.45, 2.75) is 52.4 Å². The number of rotatable bonds is 4. The molecule has 0 N–H and O–H groups in total. The van der Waals surface area contributed by atoms with Crippen LogP contribution in [0.15, 0.2) is 97.1 Å². The monoisotopic (exact) mass is 700 g/mol. The van der Waals surface area contributed by atoms with Crippen LogP contribution in [-0.2, 0) is 31.3 Å². The Bertz CT molecular complexity index is 1660. The van der Waals surface area contributed by atoms with Crippen LogP contribution >= 0.6 is 0 Å². The van der Waals surface area contributed by atoms with Gasteiger partial charge in [-0.1, -0.05) is 88.3 Å². The summed E-state index contributed by atoms with van der Waals surface area (Å²) < 4.78 is 0. The Hall–Kier alpha value is -3.03. The second kappa shape index (κ2) is 11.7. The van der Waals surface area contributed by atoms with Gasteiger partial charge in [0, 0.05) is 0 Å². The minimum absolute atomic E-state index is 0. The first-order valence-electron chi connectivity index (χ1n) is 14.0. The Morgan fingerprint density at radius 1 is 0.537 bits per heavy atom. The number of aryl methyl sites for hydroxylation is 4. The minimum atomic E-state index is 0. The van der Waals surface area contributed by atoms with Crippen LogP contribution in [0.3, 0.4) is 0 Å². The topological polar surface area (TPSA) is 0 Å². The fraction of sp³-hybridized carbons (Fsp3) is 0.200. The first-order valence-corrected chi connectivity index (χ1v) is 14.0. The molecule has 7 rings (SSSR count). The van der Waals surface area contributed by atoms with E-state index in [2.05, 4.69) is 125 Å². The van der Waals surface area contributed by atoms with Crippen molar-refractivity contribution < 1.29 is 25.8 Å². The van der Waals surface area contributed by atoms with E-state index in [1.165, 1.54) is 96.4 Å². The van der Waals surface area contributed by atoms with Crippen LogP contribution in [0.2, 0.25) is 0 Å². The second-order valence-electron chi connectivity index (χ2n) is 11.8. The third-order valence-electron chi connectivity index (χ3n) is 8.88. The fourth-order valence-electron chi connectivity index (χ4n) is 7.06. The first kappa shape index (κ1) is 30.9. The molecule has 0 aromatic heterocycles. The summed E-state index contributed by atoms with van der Waals surface area (Å²) in [4.78, 5) is 0. The standard InChI is InChI=1S/C38H34.2CH3.Hf/c1-24-14-25(2)17-30(16-24)34-10-5-8-28-20-32(22-36(28)34)38(12-7-13-38)33-21-29-9-6-11-35(37(29)23-33)31-18-26(3)15-27(4)19-31;;;/h5-6,8-11,14-23H,7,12-13H2,1-4H3;2*1H3;/q-2;2*-1;+4. The molecule has 0 unspecified atom stereocenters. The molecule has 0 heterocycles. The van der Waals surface area contributed by atoms with Gasteiger partial charge < -0.3 is 14.9 Å². The zero-order valence-electron chi connectivity index (χ0n) is 25.4. The van der Waals surface area contributed by atoms with Crippen LogP contribution < -0.4 is 0 Å². The predicted octanol–water partition coefficient (Wildman–Crippen LogP) is 11.4. The molecule has 0 saturated heterocycles. The Labute approximate surface area is 266 Å². The smallest absolute Gasteiger partial charge is 0.358 e. The van der Waals surface area contributed by atoms with Crippen molar-refractivity contribution in [2.24, 2.45) is 0 Å². The molecule has 0 radical (unpaired) electrons. The summed E-state index contributed by atoms with van der Waals surface area (Å²) in [6.45, 7) is 8.79. The van der Waals surface area contributed by atoms with Gasteiger partial charge in [-0.15, -0.1) is 69.1 Å². The van der Waals surface area contributed by atoms with E-state index < -0.39 is 0 Å². The largest absolute Gasteiger partial charge is 4.00 e. The first-order chi connectivity index (χ1) is 18.4. The van der Waals surface area contributed by atoms with Gasteiger partial charge in [0.1, 0.15) is 0 Å². The van der Waals surface area contributed by atoms with E-state index in [1.807, 2.05) is 0 Å². The minimum Gasteiger partial charge on any atom is -0.358 e. The van der Waals surface area contributed by atoms with Crippen LogP contribution in [0.25, 0.3) is 43.8 Å². The predicted molar refractivity (Wildman–Crippen MR) is 176 cm³/mol. The van der Waals surface area contributed by atoms with Crippen molar-refractivity contribution in [3.8, 4) is 22.3 Å². The summed E-state index contributed by atoms with van der Waals surface area (Å²) in [6.07, 6.45) is 3.73. The van der Waals surface area contributed by atoms with Gasteiger partial charge in [0.25, 0.3) is 0 Å². The van der Waals surface area contributed by atoms with Crippen molar-refractivity contribution >= 4 is 21.5 Å². The molecule has 1 saturated carbocycles. The van der Waals surface area contributed by atoms with E-state index in [4.69, 9.17) is 0 Å². The van der Waals surface area contributed by atoms with E-state index in [0.717, 1.165) is 0 Å². The zero-order valence-corrected chi connectivity index (χ0v) is 29.0. The molecule has 204 valence electrons. The van der Waals surface area contributed by atoms with Gasteiger partial charge in [-0.2, -0.15) is 12.1 Å². The van der Waals surface area contributed by atoms with Crippen molar-refractivity contribution in [3.05, 3.63) is 145 Å². The molecule has 0 aliphatic heterocycles. The molecule has 0 atom stereocenters. The molecule has 0 bridgehead atoms. The summed E-state index contributed by atoms with van der Waals surface area (Å²) >= 11 is 0. The van der Waals surface area contributed by atoms with E-state index in [-0.39, 0.29) is 46.1 Å². The molecule has 6 aromatic carbocycles. The number of fused-ring (bicyclic) bond motifs is 2. The maximum absolute atomic E-state index is 2.50. The fourth-order valence-corrected chi connectivity index (χ4v) is 7.06. The molecule has 0 amide bonds. The SMILES string of the molecule is Cc1cc(C)cc(-c2cccc3[cH-]c(C4(c5cc6c(-c7cc(C)cc(C)c7)cccc6[cH-]5)CCC4)cc23)c1.[CH3-].[CH3-].[Hf+4]. The molecule has 0 spiro atoms. The molecular formula is C40H40Hf. The van der Waals surface area contributed by atoms with Crippen molar-refractivity contribution in [3.63, 3.8) is 0 Å². The van der Waals surface area contributed by atoms with Crippen LogP contribution in [-0.4, -0.2) is 0 Å². The Balaban J connectivity index is 0.00000129. The molecule has 1 fully saturated rings. The molecular weight excluding hydrogens is 659 g/mol. The van der Waals surface area contributed by atoms with Crippen molar-refractivity contribution in [1.82, 2.24) is 0 Å². The summed E-state index contributed by atoms with van der Waals surface area (Å²) in [5.74, 6) is 0. The molecule has 1 aliphatic rings. The van der Waals surface area contributed by atoms with Crippen molar-refractivity contribution in [1.29, 1.82) is 0 Å². The number of hydrogen-bond acceptors (Lipinski definition) is 0. The Morgan fingerprint density at radius 2 is 0.927 bits per heavy atom. The van der Waals surface area contributed by atoms with E-state index >= 15 is 0 Å².